The monoisotopic (exact) mass is 426 g/mol. The maximum Gasteiger partial charge on any atom is 0.267 e. The van der Waals surface area contributed by atoms with Crippen molar-refractivity contribution in [3.8, 4) is 17.2 Å². The minimum absolute atomic E-state index is 0.113. The van der Waals surface area contributed by atoms with E-state index in [2.05, 4.69) is 10.1 Å². The average Bonchev–Trinajstić information content (AvgIpc) is 3.45. The van der Waals surface area contributed by atoms with E-state index in [-0.39, 0.29) is 12.4 Å². The minimum Gasteiger partial charge on any atom is -0.454 e. The lowest BCUT2D eigenvalue weighted by Gasteiger charge is -2.14. The number of aromatic nitrogens is 3. The number of hydrogen-bond donors (Lipinski definition) is 0. The van der Waals surface area contributed by atoms with E-state index in [4.69, 9.17) is 9.47 Å². The average molecular weight is 426 g/mol. The van der Waals surface area contributed by atoms with Crippen LogP contribution >= 0.6 is 0 Å². The maximum absolute atomic E-state index is 13.5. The van der Waals surface area contributed by atoms with Gasteiger partial charge in [-0.15, -0.1) is 0 Å². The van der Waals surface area contributed by atoms with E-state index in [0.717, 1.165) is 16.2 Å². The molecule has 0 radical (unpaired) electrons. The Morgan fingerprint density at radius 1 is 0.875 bits per heavy atom. The summed E-state index contributed by atoms with van der Waals surface area (Å²) in [4.78, 5) is 32.4. The molecule has 2 aliphatic heterocycles. The Bertz CT molecular complexity index is 1490. The Kier molecular flexibility index (Phi) is 3.71. The van der Waals surface area contributed by atoms with Crippen molar-refractivity contribution in [3.63, 3.8) is 0 Å². The second kappa shape index (κ2) is 6.40. The SMILES string of the molecule is Cc1ccc(-n2nc(C)c3c4c(cnc32)C(=O)N(c2ccc3c(c2)OCO3)C4=O)cc1C. The maximum atomic E-state index is 13.5. The Morgan fingerprint density at radius 2 is 1.66 bits per heavy atom. The van der Waals surface area contributed by atoms with Gasteiger partial charge in [-0.1, -0.05) is 6.07 Å². The molecule has 0 saturated carbocycles. The lowest BCUT2D eigenvalue weighted by atomic mass is 10.1. The van der Waals surface area contributed by atoms with Gasteiger partial charge >= 0.3 is 0 Å². The number of imide groups is 1. The third kappa shape index (κ3) is 2.43. The summed E-state index contributed by atoms with van der Waals surface area (Å²) in [5, 5.41) is 5.23. The lowest BCUT2D eigenvalue weighted by Crippen LogP contribution is -2.29. The number of hydrogen-bond acceptors (Lipinski definition) is 6. The molecule has 8 nitrogen and oxygen atoms in total. The molecule has 2 aromatic heterocycles. The lowest BCUT2D eigenvalue weighted by molar-refractivity contribution is 0.0926. The van der Waals surface area contributed by atoms with Crippen LogP contribution in [-0.2, 0) is 0 Å². The molecule has 4 aromatic rings. The first-order valence-corrected chi connectivity index (χ1v) is 10.2. The number of fused-ring (bicyclic) bond motifs is 4. The molecule has 6 rings (SSSR count). The van der Waals surface area contributed by atoms with Crippen LogP contribution in [0.3, 0.4) is 0 Å². The molecule has 2 aliphatic rings. The van der Waals surface area contributed by atoms with Crippen molar-refractivity contribution in [1.29, 1.82) is 0 Å². The first-order chi connectivity index (χ1) is 15.4. The summed E-state index contributed by atoms with van der Waals surface area (Å²) in [6, 6.07) is 11.0. The van der Waals surface area contributed by atoms with Gasteiger partial charge in [0.2, 0.25) is 6.79 Å². The predicted molar refractivity (Wildman–Crippen MR) is 117 cm³/mol. The summed E-state index contributed by atoms with van der Waals surface area (Å²) in [6.07, 6.45) is 1.46. The third-order valence-corrected chi connectivity index (χ3v) is 6.07. The molecule has 0 atom stereocenters. The molecule has 158 valence electrons. The zero-order valence-corrected chi connectivity index (χ0v) is 17.7. The Morgan fingerprint density at radius 3 is 2.47 bits per heavy atom. The van der Waals surface area contributed by atoms with Gasteiger partial charge < -0.3 is 9.47 Å². The van der Waals surface area contributed by atoms with Gasteiger partial charge in [0.25, 0.3) is 11.8 Å². The molecule has 0 fully saturated rings. The normalized spacial score (nSPS) is 14.5. The fraction of sp³-hybridized carbons (Fsp3) is 0.167. The second-order valence-corrected chi connectivity index (χ2v) is 7.99. The molecule has 0 spiro atoms. The van der Waals surface area contributed by atoms with Crippen molar-refractivity contribution >= 4 is 28.5 Å². The number of anilines is 1. The van der Waals surface area contributed by atoms with E-state index in [1.807, 2.05) is 39.0 Å². The molecular formula is C24H18N4O4. The largest absolute Gasteiger partial charge is 0.454 e. The first-order valence-electron chi connectivity index (χ1n) is 10.2. The molecule has 0 saturated heterocycles. The van der Waals surface area contributed by atoms with Gasteiger partial charge in [-0.05, 0) is 56.2 Å². The summed E-state index contributed by atoms with van der Waals surface area (Å²) < 4.78 is 12.5. The number of nitrogens with zero attached hydrogens (tertiary/aromatic N) is 4. The molecule has 8 heteroatoms. The molecular weight excluding hydrogens is 408 g/mol. The molecule has 2 amide bonds. The van der Waals surface area contributed by atoms with Crippen molar-refractivity contribution in [3.05, 3.63) is 70.5 Å². The van der Waals surface area contributed by atoms with Crippen molar-refractivity contribution in [2.75, 3.05) is 11.7 Å². The summed E-state index contributed by atoms with van der Waals surface area (Å²) in [5.41, 5.74) is 5.35. The van der Waals surface area contributed by atoms with E-state index in [1.54, 1.807) is 22.9 Å². The zero-order chi connectivity index (χ0) is 22.1. The fourth-order valence-electron chi connectivity index (χ4n) is 4.26. The summed E-state index contributed by atoms with van der Waals surface area (Å²) in [7, 11) is 0. The van der Waals surface area contributed by atoms with Crippen LogP contribution < -0.4 is 14.4 Å². The number of pyridine rings is 1. The Balaban J connectivity index is 1.51. The van der Waals surface area contributed by atoms with Crippen molar-refractivity contribution in [2.24, 2.45) is 0 Å². The Hall–Kier alpha value is -4.20. The van der Waals surface area contributed by atoms with Crippen LogP contribution in [-0.4, -0.2) is 33.4 Å². The van der Waals surface area contributed by atoms with Gasteiger partial charge in [-0.2, -0.15) is 5.10 Å². The topological polar surface area (TPSA) is 86.6 Å². The standard InChI is InChI=1S/C24H18N4O4/c1-12-4-5-16(8-13(12)2)28-22-20(14(3)26-28)21-17(10-25-22)23(29)27(24(21)30)15-6-7-18-19(9-15)32-11-31-18/h4-10H,11H2,1-3H3. The number of aryl methyl sites for hydroxylation is 3. The third-order valence-electron chi connectivity index (χ3n) is 6.07. The minimum atomic E-state index is -0.420. The van der Waals surface area contributed by atoms with Crippen LogP contribution in [0.2, 0.25) is 0 Å². The highest BCUT2D eigenvalue weighted by molar-refractivity contribution is 6.37. The molecule has 0 N–H and O–H groups in total. The molecule has 32 heavy (non-hydrogen) atoms. The van der Waals surface area contributed by atoms with E-state index in [0.29, 0.717) is 39.5 Å². The van der Waals surface area contributed by atoms with Crippen molar-refractivity contribution in [1.82, 2.24) is 14.8 Å². The van der Waals surface area contributed by atoms with Crippen LogP contribution in [0, 0.1) is 20.8 Å². The quantitative estimate of drug-likeness (QED) is 0.452. The van der Waals surface area contributed by atoms with Crippen LogP contribution in [0.15, 0.2) is 42.6 Å². The number of carbonyl (C=O) groups is 2. The summed E-state index contributed by atoms with van der Waals surface area (Å²) in [5.74, 6) is 0.261. The van der Waals surface area contributed by atoms with E-state index in [1.165, 1.54) is 11.8 Å². The summed E-state index contributed by atoms with van der Waals surface area (Å²) in [6.45, 7) is 6.02. The van der Waals surface area contributed by atoms with Crippen LogP contribution in [0.4, 0.5) is 5.69 Å². The van der Waals surface area contributed by atoms with Crippen molar-refractivity contribution < 1.29 is 19.1 Å². The number of carbonyl (C=O) groups excluding carboxylic acids is 2. The molecule has 2 aromatic carbocycles. The Labute approximate surface area is 183 Å². The van der Waals surface area contributed by atoms with Gasteiger partial charge in [-0.25, -0.2) is 14.6 Å². The van der Waals surface area contributed by atoms with Crippen LogP contribution in [0.1, 0.15) is 37.5 Å². The van der Waals surface area contributed by atoms with Gasteiger partial charge in [0.05, 0.1) is 33.6 Å². The van der Waals surface area contributed by atoms with Gasteiger partial charge in [0, 0.05) is 12.3 Å². The zero-order valence-electron chi connectivity index (χ0n) is 17.7. The van der Waals surface area contributed by atoms with E-state index >= 15 is 0 Å². The molecule has 4 heterocycles. The summed E-state index contributed by atoms with van der Waals surface area (Å²) >= 11 is 0. The van der Waals surface area contributed by atoms with E-state index < -0.39 is 11.8 Å². The highest BCUT2D eigenvalue weighted by atomic mass is 16.7. The van der Waals surface area contributed by atoms with Gasteiger partial charge in [0.1, 0.15) is 0 Å². The number of amides is 2. The number of benzene rings is 2. The molecule has 0 aliphatic carbocycles. The number of ether oxygens (including phenoxy) is 2. The van der Waals surface area contributed by atoms with Crippen LogP contribution in [0.5, 0.6) is 11.5 Å². The van der Waals surface area contributed by atoms with E-state index in [9.17, 15) is 9.59 Å². The first kappa shape index (κ1) is 18.6. The smallest absolute Gasteiger partial charge is 0.267 e. The van der Waals surface area contributed by atoms with Gasteiger partial charge in [-0.3, -0.25) is 9.59 Å². The fourth-order valence-corrected chi connectivity index (χ4v) is 4.26. The molecule has 0 unspecified atom stereocenters. The van der Waals surface area contributed by atoms with Crippen molar-refractivity contribution in [2.45, 2.75) is 20.8 Å². The highest BCUT2D eigenvalue weighted by Gasteiger charge is 2.40. The van der Waals surface area contributed by atoms with Gasteiger partial charge in [0.15, 0.2) is 17.1 Å². The van der Waals surface area contributed by atoms with Crippen LogP contribution in [0.25, 0.3) is 16.7 Å². The molecule has 0 bridgehead atoms. The highest BCUT2D eigenvalue weighted by Crippen LogP contribution is 2.39. The predicted octanol–water partition coefficient (Wildman–Crippen LogP) is 3.88. The second-order valence-electron chi connectivity index (χ2n) is 7.99. The number of rotatable bonds is 2.